The highest BCUT2D eigenvalue weighted by Crippen LogP contribution is 2.41. The van der Waals surface area contributed by atoms with Crippen molar-refractivity contribution in [2.24, 2.45) is 0 Å². The molecule has 3 rings (SSSR count). The van der Waals surface area contributed by atoms with Crippen LogP contribution in [-0.2, 0) is 6.42 Å². The number of fused-ring (bicyclic) bond motifs is 1. The van der Waals surface area contributed by atoms with Crippen LogP contribution >= 0.6 is 11.8 Å². The average molecular weight is 305 g/mol. The number of hydrogen-bond acceptors (Lipinski definition) is 2. The minimum absolute atomic E-state index is 0.169. The van der Waals surface area contributed by atoms with Gasteiger partial charge in [0, 0.05) is 28.7 Å². The predicted molar refractivity (Wildman–Crippen MR) is 82.8 cm³/mol. The van der Waals surface area contributed by atoms with Crippen molar-refractivity contribution >= 4 is 11.8 Å². The number of benzene rings is 2. The molecule has 0 radical (unpaired) electrons. The Morgan fingerprint density at radius 2 is 1.90 bits per heavy atom. The number of nitrogens with one attached hydrogen (secondary N) is 1. The maximum atomic E-state index is 13.3. The van der Waals surface area contributed by atoms with Crippen LogP contribution in [0.1, 0.15) is 17.0 Å². The van der Waals surface area contributed by atoms with Crippen LogP contribution in [0.3, 0.4) is 0 Å². The van der Waals surface area contributed by atoms with Gasteiger partial charge in [0.25, 0.3) is 0 Å². The maximum Gasteiger partial charge on any atom is 0.126 e. The van der Waals surface area contributed by atoms with Crippen molar-refractivity contribution in [3.8, 4) is 0 Å². The molecule has 1 aliphatic rings. The Morgan fingerprint density at radius 3 is 2.62 bits per heavy atom. The molecule has 0 fully saturated rings. The molecule has 0 aliphatic carbocycles. The number of likely N-dealkylation sites (N-methyl/N-ethyl adjacent to an activating group) is 1. The summed E-state index contributed by atoms with van der Waals surface area (Å²) in [5.41, 5.74) is 2.03. The van der Waals surface area contributed by atoms with Gasteiger partial charge in [0.1, 0.15) is 11.6 Å². The molecule has 1 aliphatic heterocycles. The molecular weight excluding hydrogens is 288 g/mol. The lowest BCUT2D eigenvalue weighted by Crippen LogP contribution is -2.34. The largest absolute Gasteiger partial charge is 0.316 e. The van der Waals surface area contributed by atoms with Crippen molar-refractivity contribution in [2.45, 2.75) is 23.3 Å². The second-order valence-electron chi connectivity index (χ2n) is 5.33. The fraction of sp³-hybridized carbons (Fsp3) is 0.294. The van der Waals surface area contributed by atoms with Gasteiger partial charge in [0.15, 0.2) is 0 Å². The quantitative estimate of drug-likeness (QED) is 0.917. The molecule has 2 unspecified atom stereocenters. The van der Waals surface area contributed by atoms with E-state index in [2.05, 4.69) is 17.4 Å². The van der Waals surface area contributed by atoms with Gasteiger partial charge in [-0.1, -0.05) is 18.2 Å². The highest BCUT2D eigenvalue weighted by atomic mass is 32.2. The van der Waals surface area contributed by atoms with Crippen molar-refractivity contribution in [3.05, 3.63) is 65.2 Å². The summed E-state index contributed by atoms with van der Waals surface area (Å²) in [7, 11) is 1.91. The SMILES string of the molecule is CNC(Cc1cc(F)cc(F)c1)C1CSc2ccccc21. The molecule has 1 N–H and O–H groups in total. The Hall–Kier alpha value is -1.39. The van der Waals surface area contributed by atoms with Crippen LogP contribution < -0.4 is 5.32 Å². The molecular formula is C17H17F2NS. The molecule has 0 spiro atoms. The van der Waals surface area contributed by atoms with Gasteiger partial charge in [0.2, 0.25) is 0 Å². The van der Waals surface area contributed by atoms with E-state index in [0.29, 0.717) is 17.9 Å². The van der Waals surface area contributed by atoms with E-state index in [9.17, 15) is 8.78 Å². The van der Waals surface area contributed by atoms with Crippen molar-refractivity contribution < 1.29 is 8.78 Å². The van der Waals surface area contributed by atoms with Crippen LogP contribution in [0.25, 0.3) is 0 Å². The third-order valence-corrected chi connectivity index (χ3v) is 5.18. The molecule has 0 saturated carbocycles. The summed E-state index contributed by atoms with van der Waals surface area (Å²) < 4.78 is 26.7. The summed E-state index contributed by atoms with van der Waals surface area (Å²) in [6.45, 7) is 0. The van der Waals surface area contributed by atoms with Gasteiger partial charge in [-0.05, 0) is 42.8 Å². The molecule has 4 heteroatoms. The molecule has 0 aromatic heterocycles. The molecule has 1 heterocycles. The van der Waals surface area contributed by atoms with Gasteiger partial charge in [0.05, 0.1) is 0 Å². The molecule has 21 heavy (non-hydrogen) atoms. The van der Waals surface area contributed by atoms with Crippen LogP contribution in [0.5, 0.6) is 0 Å². The van der Waals surface area contributed by atoms with Crippen molar-refractivity contribution in [1.82, 2.24) is 5.32 Å². The van der Waals surface area contributed by atoms with Gasteiger partial charge >= 0.3 is 0 Å². The van der Waals surface area contributed by atoms with E-state index >= 15 is 0 Å². The minimum Gasteiger partial charge on any atom is -0.316 e. The molecule has 2 atom stereocenters. The van der Waals surface area contributed by atoms with Crippen LogP contribution in [0.2, 0.25) is 0 Å². The molecule has 0 amide bonds. The zero-order valence-corrected chi connectivity index (χ0v) is 12.6. The van der Waals surface area contributed by atoms with Gasteiger partial charge in [-0.3, -0.25) is 0 Å². The molecule has 2 aromatic carbocycles. The molecule has 0 bridgehead atoms. The minimum atomic E-state index is -0.513. The fourth-order valence-corrected chi connectivity index (χ4v) is 4.28. The first-order chi connectivity index (χ1) is 10.2. The smallest absolute Gasteiger partial charge is 0.126 e. The van der Waals surface area contributed by atoms with E-state index in [1.807, 2.05) is 30.9 Å². The summed E-state index contributed by atoms with van der Waals surface area (Å²) in [5, 5.41) is 3.31. The van der Waals surface area contributed by atoms with Crippen molar-refractivity contribution in [2.75, 3.05) is 12.8 Å². The zero-order chi connectivity index (χ0) is 14.8. The zero-order valence-electron chi connectivity index (χ0n) is 11.8. The highest BCUT2D eigenvalue weighted by Gasteiger charge is 2.29. The van der Waals surface area contributed by atoms with E-state index < -0.39 is 11.6 Å². The lowest BCUT2D eigenvalue weighted by atomic mass is 9.89. The monoisotopic (exact) mass is 305 g/mol. The number of rotatable bonds is 4. The Morgan fingerprint density at radius 1 is 1.19 bits per heavy atom. The van der Waals surface area contributed by atoms with E-state index in [-0.39, 0.29) is 6.04 Å². The van der Waals surface area contributed by atoms with E-state index in [0.717, 1.165) is 11.8 Å². The normalized spacial score (nSPS) is 18.5. The molecule has 110 valence electrons. The standard InChI is InChI=1S/C17H17F2NS/c1-20-16(8-11-6-12(18)9-13(19)7-11)15-10-21-17-5-3-2-4-14(15)17/h2-7,9,15-16,20H,8,10H2,1H3. The third-order valence-electron chi connectivity index (χ3n) is 3.97. The lowest BCUT2D eigenvalue weighted by molar-refractivity contribution is 0.485. The fourth-order valence-electron chi connectivity index (χ4n) is 2.95. The number of hydrogen-bond donors (Lipinski definition) is 1. The van der Waals surface area contributed by atoms with Gasteiger partial charge in [-0.15, -0.1) is 11.8 Å². The summed E-state index contributed by atoms with van der Waals surface area (Å²) in [6.07, 6.45) is 0.616. The van der Waals surface area contributed by atoms with Crippen molar-refractivity contribution in [1.29, 1.82) is 0 Å². The van der Waals surface area contributed by atoms with Crippen LogP contribution in [0, 0.1) is 11.6 Å². The Labute approximate surface area is 127 Å². The van der Waals surface area contributed by atoms with E-state index in [4.69, 9.17) is 0 Å². The first-order valence-electron chi connectivity index (χ1n) is 7.01. The predicted octanol–water partition coefficient (Wildman–Crippen LogP) is 3.98. The third kappa shape index (κ3) is 3.11. The summed E-state index contributed by atoms with van der Waals surface area (Å²) in [4.78, 5) is 1.31. The van der Waals surface area contributed by atoms with Crippen LogP contribution in [0.4, 0.5) is 8.78 Å². The maximum absolute atomic E-state index is 13.3. The molecule has 2 aromatic rings. The number of thioether (sulfide) groups is 1. The summed E-state index contributed by atoms with van der Waals surface area (Å²) >= 11 is 1.85. The first-order valence-corrected chi connectivity index (χ1v) is 8.00. The number of halogens is 2. The Bertz CT molecular complexity index is 624. The van der Waals surface area contributed by atoms with E-state index in [1.54, 1.807) is 0 Å². The Balaban J connectivity index is 1.83. The lowest BCUT2D eigenvalue weighted by Gasteiger charge is -2.23. The second kappa shape index (κ2) is 6.16. The topological polar surface area (TPSA) is 12.0 Å². The first kappa shape index (κ1) is 14.5. The average Bonchev–Trinajstić information content (AvgIpc) is 2.87. The van der Waals surface area contributed by atoms with Gasteiger partial charge < -0.3 is 5.32 Å². The molecule has 1 nitrogen and oxygen atoms in total. The van der Waals surface area contributed by atoms with Crippen LogP contribution in [0.15, 0.2) is 47.4 Å². The van der Waals surface area contributed by atoms with Gasteiger partial charge in [-0.2, -0.15) is 0 Å². The van der Waals surface area contributed by atoms with Crippen molar-refractivity contribution in [3.63, 3.8) is 0 Å². The molecule has 0 saturated heterocycles. The van der Waals surface area contributed by atoms with E-state index in [1.165, 1.54) is 22.6 Å². The second-order valence-corrected chi connectivity index (χ2v) is 6.39. The summed E-state index contributed by atoms with van der Waals surface area (Å²) in [5.74, 6) is 0.340. The summed E-state index contributed by atoms with van der Waals surface area (Å²) in [6, 6.07) is 12.3. The Kier molecular flexibility index (Phi) is 4.27. The van der Waals surface area contributed by atoms with Gasteiger partial charge in [-0.25, -0.2) is 8.78 Å². The van der Waals surface area contributed by atoms with Crippen LogP contribution in [-0.4, -0.2) is 18.8 Å². The highest BCUT2D eigenvalue weighted by molar-refractivity contribution is 7.99.